The van der Waals surface area contributed by atoms with Crippen LogP contribution < -0.4 is 19.5 Å². The van der Waals surface area contributed by atoms with Crippen LogP contribution in [0.3, 0.4) is 0 Å². The van der Waals surface area contributed by atoms with E-state index in [-0.39, 0.29) is 17.9 Å². The second kappa shape index (κ2) is 10.0. The number of rotatable bonds is 8. The first kappa shape index (κ1) is 20.8. The highest BCUT2D eigenvalue weighted by atomic mass is 16.5. The number of piperidine rings is 1. The molecule has 1 heterocycles. The van der Waals surface area contributed by atoms with Gasteiger partial charge >= 0.3 is 0 Å². The van der Waals surface area contributed by atoms with E-state index in [1.807, 2.05) is 4.90 Å². The number of carbonyl (C=O) groups is 2. The molecule has 8 nitrogen and oxygen atoms in total. The quantitative estimate of drug-likeness (QED) is 0.735. The second-order valence-corrected chi connectivity index (χ2v) is 6.29. The van der Waals surface area contributed by atoms with Crippen LogP contribution in [0.1, 0.15) is 29.6 Å². The lowest BCUT2D eigenvalue weighted by Crippen LogP contribution is -2.46. The van der Waals surface area contributed by atoms with Gasteiger partial charge in [-0.2, -0.15) is 0 Å². The van der Waals surface area contributed by atoms with Crippen LogP contribution in [0, 0.1) is 0 Å². The minimum Gasteiger partial charge on any atom is -0.493 e. The lowest BCUT2D eigenvalue weighted by Gasteiger charge is -2.32. The molecule has 0 radical (unpaired) electrons. The Morgan fingerprint density at radius 3 is 2.11 bits per heavy atom. The molecule has 2 rings (SSSR count). The molecule has 0 aliphatic carbocycles. The zero-order valence-corrected chi connectivity index (χ0v) is 16.4. The van der Waals surface area contributed by atoms with Gasteiger partial charge in [0.2, 0.25) is 11.7 Å². The SMILES string of the molecule is COCCC(=O)N1CCC(NC(=O)c2cc(OC)c(OC)c(OC)c2)CC1. The molecule has 27 heavy (non-hydrogen) atoms. The van der Waals surface area contributed by atoms with E-state index in [0.29, 0.717) is 48.9 Å². The summed E-state index contributed by atoms with van der Waals surface area (Å²) in [4.78, 5) is 26.5. The first-order valence-electron chi connectivity index (χ1n) is 8.91. The summed E-state index contributed by atoms with van der Waals surface area (Å²) in [6.45, 7) is 1.68. The summed E-state index contributed by atoms with van der Waals surface area (Å²) >= 11 is 0. The molecule has 0 aromatic heterocycles. The van der Waals surface area contributed by atoms with Gasteiger partial charge in [-0.05, 0) is 25.0 Å². The molecular weight excluding hydrogens is 352 g/mol. The third kappa shape index (κ3) is 5.26. The van der Waals surface area contributed by atoms with Crippen molar-refractivity contribution in [2.45, 2.75) is 25.3 Å². The standard InChI is InChI=1S/C19H28N2O6/c1-24-10-7-17(22)21-8-5-14(6-9-21)20-19(23)13-11-15(25-2)18(27-4)16(12-13)26-3/h11-12,14H,5-10H2,1-4H3,(H,20,23). The van der Waals surface area contributed by atoms with Crippen molar-refractivity contribution < 1.29 is 28.5 Å². The van der Waals surface area contributed by atoms with Gasteiger partial charge in [0.25, 0.3) is 5.91 Å². The van der Waals surface area contributed by atoms with Crippen LogP contribution in [0.25, 0.3) is 0 Å². The molecule has 1 aromatic rings. The molecule has 1 aliphatic heterocycles. The molecule has 0 bridgehead atoms. The van der Waals surface area contributed by atoms with Gasteiger partial charge in [-0.25, -0.2) is 0 Å². The van der Waals surface area contributed by atoms with Crippen molar-refractivity contribution in [3.63, 3.8) is 0 Å². The number of carbonyl (C=O) groups excluding carboxylic acids is 2. The molecule has 1 aliphatic rings. The van der Waals surface area contributed by atoms with Crippen molar-refractivity contribution in [1.82, 2.24) is 10.2 Å². The number of ether oxygens (including phenoxy) is 4. The van der Waals surface area contributed by atoms with E-state index in [2.05, 4.69) is 5.32 Å². The monoisotopic (exact) mass is 380 g/mol. The molecule has 0 atom stereocenters. The molecule has 0 unspecified atom stereocenters. The van der Waals surface area contributed by atoms with Crippen LogP contribution in [0.15, 0.2) is 12.1 Å². The molecule has 2 amide bonds. The number of likely N-dealkylation sites (tertiary alicyclic amines) is 1. The van der Waals surface area contributed by atoms with E-state index in [0.717, 1.165) is 12.8 Å². The fourth-order valence-electron chi connectivity index (χ4n) is 3.10. The third-order valence-electron chi connectivity index (χ3n) is 4.63. The van der Waals surface area contributed by atoms with Gasteiger partial charge in [0, 0.05) is 31.8 Å². The topological polar surface area (TPSA) is 86.3 Å². The maximum absolute atomic E-state index is 12.6. The normalized spacial score (nSPS) is 14.6. The van der Waals surface area contributed by atoms with E-state index in [1.165, 1.54) is 21.3 Å². The van der Waals surface area contributed by atoms with Gasteiger partial charge in [-0.3, -0.25) is 9.59 Å². The highest BCUT2D eigenvalue weighted by Crippen LogP contribution is 2.38. The van der Waals surface area contributed by atoms with Crippen molar-refractivity contribution in [2.24, 2.45) is 0 Å². The first-order valence-corrected chi connectivity index (χ1v) is 8.91. The Morgan fingerprint density at radius 1 is 1.04 bits per heavy atom. The Kier molecular flexibility index (Phi) is 7.72. The zero-order valence-electron chi connectivity index (χ0n) is 16.4. The minimum atomic E-state index is -0.210. The number of nitrogens with zero attached hydrogens (tertiary/aromatic N) is 1. The summed E-state index contributed by atoms with van der Waals surface area (Å²) < 4.78 is 20.8. The van der Waals surface area contributed by atoms with Crippen LogP contribution in [-0.4, -0.2) is 70.9 Å². The predicted molar refractivity (Wildman–Crippen MR) is 99.7 cm³/mol. The third-order valence-corrected chi connectivity index (χ3v) is 4.63. The van der Waals surface area contributed by atoms with Crippen molar-refractivity contribution >= 4 is 11.8 Å². The van der Waals surface area contributed by atoms with Crippen LogP contribution in [0.2, 0.25) is 0 Å². The van der Waals surface area contributed by atoms with Crippen molar-refractivity contribution in [2.75, 3.05) is 48.1 Å². The summed E-state index contributed by atoms with van der Waals surface area (Å²) in [5.41, 5.74) is 0.433. The van der Waals surface area contributed by atoms with E-state index in [4.69, 9.17) is 18.9 Å². The number of methoxy groups -OCH3 is 4. The lowest BCUT2D eigenvalue weighted by atomic mass is 10.0. The van der Waals surface area contributed by atoms with E-state index in [9.17, 15) is 9.59 Å². The van der Waals surface area contributed by atoms with Crippen molar-refractivity contribution in [1.29, 1.82) is 0 Å². The van der Waals surface area contributed by atoms with E-state index >= 15 is 0 Å². The first-order chi connectivity index (χ1) is 13.0. The van der Waals surface area contributed by atoms with Crippen LogP contribution in [0.5, 0.6) is 17.2 Å². The number of hydrogen-bond donors (Lipinski definition) is 1. The van der Waals surface area contributed by atoms with Gasteiger partial charge in [0.15, 0.2) is 11.5 Å². The Labute approximate surface area is 159 Å². The lowest BCUT2D eigenvalue weighted by molar-refractivity contribution is -0.133. The number of nitrogens with one attached hydrogen (secondary N) is 1. The molecule has 1 saturated heterocycles. The fourth-order valence-corrected chi connectivity index (χ4v) is 3.10. The Morgan fingerprint density at radius 2 is 1.63 bits per heavy atom. The van der Waals surface area contributed by atoms with E-state index < -0.39 is 0 Å². The molecule has 8 heteroatoms. The summed E-state index contributed by atoms with van der Waals surface area (Å²) in [7, 11) is 6.12. The van der Waals surface area contributed by atoms with Gasteiger partial charge in [0.1, 0.15) is 0 Å². The summed E-state index contributed by atoms with van der Waals surface area (Å²) in [5, 5.41) is 3.02. The number of amides is 2. The molecule has 1 fully saturated rings. The Balaban J connectivity index is 1.97. The molecule has 0 spiro atoms. The number of hydrogen-bond acceptors (Lipinski definition) is 6. The fraction of sp³-hybridized carbons (Fsp3) is 0.579. The molecular formula is C19H28N2O6. The van der Waals surface area contributed by atoms with Crippen LogP contribution >= 0.6 is 0 Å². The van der Waals surface area contributed by atoms with Crippen molar-refractivity contribution in [3.05, 3.63) is 17.7 Å². The average Bonchev–Trinajstić information content (AvgIpc) is 2.71. The van der Waals surface area contributed by atoms with Crippen molar-refractivity contribution in [3.8, 4) is 17.2 Å². The summed E-state index contributed by atoms with van der Waals surface area (Å²) in [5.74, 6) is 1.19. The highest BCUT2D eigenvalue weighted by molar-refractivity contribution is 5.95. The van der Waals surface area contributed by atoms with Gasteiger partial charge in [0.05, 0.1) is 34.4 Å². The number of benzene rings is 1. The molecule has 150 valence electrons. The average molecular weight is 380 g/mol. The van der Waals surface area contributed by atoms with Crippen LogP contribution in [-0.2, 0) is 9.53 Å². The molecule has 0 saturated carbocycles. The van der Waals surface area contributed by atoms with E-state index in [1.54, 1.807) is 19.2 Å². The molecule has 1 aromatic carbocycles. The maximum Gasteiger partial charge on any atom is 0.251 e. The smallest absolute Gasteiger partial charge is 0.251 e. The minimum absolute atomic E-state index is 0.0167. The van der Waals surface area contributed by atoms with Gasteiger partial charge in [-0.15, -0.1) is 0 Å². The highest BCUT2D eigenvalue weighted by Gasteiger charge is 2.25. The van der Waals surface area contributed by atoms with Gasteiger partial charge in [-0.1, -0.05) is 0 Å². The summed E-state index contributed by atoms with van der Waals surface area (Å²) in [6.07, 6.45) is 1.82. The molecule has 1 N–H and O–H groups in total. The Bertz CT molecular complexity index is 631. The van der Waals surface area contributed by atoms with Gasteiger partial charge < -0.3 is 29.2 Å². The zero-order chi connectivity index (χ0) is 19.8. The maximum atomic E-state index is 12.6. The largest absolute Gasteiger partial charge is 0.493 e. The predicted octanol–water partition coefficient (Wildman–Crippen LogP) is 1.47. The Hall–Kier alpha value is -2.48. The van der Waals surface area contributed by atoms with Crippen LogP contribution in [0.4, 0.5) is 0 Å². The summed E-state index contributed by atoms with van der Waals surface area (Å²) in [6, 6.07) is 3.27. The second-order valence-electron chi connectivity index (χ2n) is 6.29.